The van der Waals surface area contributed by atoms with Gasteiger partial charge in [0.1, 0.15) is 42.9 Å². The number of aliphatic hydroxyl groups is 2. The van der Waals surface area contributed by atoms with E-state index in [2.05, 4.69) is 117 Å². The van der Waals surface area contributed by atoms with Crippen LogP contribution in [0.5, 0.6) is 0 Å². The van der Waals surface area contributed by atoms with Crippen molar-refractivity contribution < 1.29 is 63.1 Å². The standard InChI is InChI=1S/C80H118N6O13S4/c1-53(2)25-19-27-55(5)29-21-31-57(7)33-23-35-59(9)43-45-100-50-69(76(94)83-68(48-88)75(93)85-71(78(96)98-14)51-101-46-44-60(10)36-24-34-58(8)32-22-30-56(6)28-20-26-54(3)4)84-74(92)67(47-87)82-73(91)66(41-42-72(89)90)81-77(95)70(52-102-103-80(11,12)13)86-79(97)99-49-65-63-39-17-15-37-61(63)62-38-16-18-40-64(62)65/h15-18,29-30,33-34,37-40,43-44,65-71,87-88H,1,3,19-28,31-32,35-36,41-42,45-52H2,2,4-14H3,(H,81,95)(H,82,91)(H,83,94)(H,84,92)(H,85,93)(H,86,97)(H,89,90)/b55-29+,56-30+,57-33+,58-34+,59-43+,60-44+/t66-,67-,68-,69-,70-,71-/m0/s1. The number of allylic oxidation sites excluding steroid dienone is 12. The largest absolute Gasteiger partial charge is 0.481 e. The van der Waals surface area contributed by atoms with E-state index in [9.17, 15) is 53.7 Å². The number of ether oxygens (including phenoxy) is 2. The van der Waals surface area contributed by atoms with Gasteiger partial charge in [0, 0.05) is 45.9 Å². The van der Waals surface area contributed by atoms with Crippen LogP contribution < -0.4 is 31.9 Å². The third kappa shape index (κ3) is 37.7. The summed E-state index contributed by atoms with van der Waals surface area (Å²) in [5.41, 5.74) is 14.0. The van der Waals surface area contributed by atoms with E-state index in [0.717, 1.165) is 123 Å². The first-order valence-corrected chi connectivity index (χ1v) is 40.4. The Balaban J connectivity index is 1.80. The summed E-state index contributed by atoms with van der Waals surface area (Å²) in [6.45, 7) is 28.7. The van der Waals surface area contributed by atoms with Crippen LogP contribution in [-0.2, 0) is 43.0 Å². The van der Waals surface area contributed by atoms with E-state index in [1.54, 1.807) is 0 Å². The molecule has 0 aromatic heterocycles. The second-order valence-corrected chi connectivity index (χ2v) is 33.1. The van der Waals surface area contributed by atoms with Crippen LogP contribution in [0.15, 0.2) is 143 Å². The predicted octanol–water partition coefficient (Wildman–Crippen LogP) is 14.3. The third-order valence-electron chi connectivity index (χ3n) is 17.0. The number of nitrogens with one attached hydrogen (secondary N) is 6. The maximum absolute atomic E-state index is 14.4. The zero-order chi connectivity index (χ0) is 76.4. The first-order chi connectivity index (χ1) is 48.9. The van der Waals surface area contributed by atoms with Crippen molar-refractivity contribution in [1.29, 1.82) is 0 Å². The zero-order valence-electron chi connectivity index (χ0n) is 63.1. The maximum atomic E-state index is 14.4. The lowest BCUT2D eigenvalue weighted by Gasteiger charge is -2.26. The second kappa shape index (κ2) is 49.9. The molecule has 1 aliphatic rings. The van der Waals surface area contributed by atoms with Crippen LogP contribution in [-0.4, -0.2) is 160 Å². The highest BCUT2D eigenvalue weighted by molar-refractivity contribution is 8.77. The van der Waals surface area contributed by atoms with Gasteiger partial charge in [-0.05, 0) is 174 Å². The monoisotopic (exact) mass is 1500 g/mol. The Morgan fingerprint density at radius 2 is 0.854 bits per heavy atom. The highest BCUT2D eigenvalue weighted by atomic mass is 33.1. The summed E-state index contributed by atoms with van der Waals surface area (Å²) < 4.78 is 10.5. The Morgan fingerprint density at radius 3 is 1.27 bits per heavy atom. The van der Waals surface area contributed by atoms with Crippen molar-refractivity contribution in [2.75, 3.05) is 55.7 Å². The van der Waals surface area contributed by atoms with E-state index < -0.39 is 110 Å². The first-order valence-electron chi connectivity index (χ1n) is 35.8. The number of carboxylic acid groups (broad SMARTS) is 1. The number of amides is 6. The average molecular weight is 1500 g/mol. The highest BCUT2D eigenvalue weighted by Gasteiger charge is 2.35. The van der Waals surface area contributed by atoms with Crippen molar-refractivity contribution in [3.8, 4) is 11.1 Å². The van der Waals surface area contributed by atoms with Crippen LogP contribution in [0.4, 0.5) is 4.79 Å². The Labute approximate surface area is 630 Å². The van der Waals surface area contributed by atoms with Gasteiger partial charge in [0.15, 0.2) is 0 Å². The number of alkyl carbamates (subject to hydrolysis) is 1. The van der Waals surface area contributed by atoms with Crippen molar-refractivity contribution in [1.82, 2.24) is 31.9 Å². The van der Waals surface area contributed by atoms with Gasteiger partial charge in [-0.2, -0.15) is 23.5 Å². The molecule has 0 saturated carbocycles. The number of benzene rings is 2. The molecule has 0 bridgehead atoms. The molecule has 2 aromatic rings. The minimum atomic E-state index is -1.78. The second-order valence-electron chi connectivity index (χ2n) is 27.8. The number of hydrogen-bond acceptors (Lipinski definition) is 16. The molecule has 0 heterocycles. The molecule has 0 spiro atoms. The molecule has 1 aliphatic carbocycles. The van der Waals surface area contributed by atoms with Crippen LogP contribution in [0.2, 0.25) is 0 Å². The fraction of sp³-hybridized carbons (Fsp3) is 0.550. The quantitative estimate of drug-likeness (QED) is 0.0129. The van der Waals surface area contributed by atoms with Crippen LogP contribution in [0.25, 0.3) is 11.1 Å². The fourth-order valence-corrected chi connectivity index (χ4v) is 15.4. The number of methoxy groups -OCH3 is 1. The molecular weight excluding hydrogens is 1380 g/mol. The molecule has 0 saturated heterocycles. The van der Waals surface area contributed by atoms with Gasteiger partial charge in [-0.1, -0.05) is 172 Å². The molecule has 0 unspecified atom stereocenters. The lowest BCUT2D eigenvalue weighted by atomic mass is 9.98. The number of esters is 1. The third-order valence-corrected chi connectivity index (χ3v) is 22.3. The number of hydrogen-bond donors (Lipinski definition) is 9. The number of carbonyl (C=O) groups excluding carboxylic acids is 7. The maximum Gasteiger partial charge on any atom is 0.407 e. The van der Waals surface area contributed by atoms with Crippen molar-refractivity contribution in [3.63, 3.8) is 0 Å². The van der Waals surface area contributed by atoms with Crippen molar-refractivity contribution in [2.45, 2.75) is 226 Å². The van der Waals surface area contributed by atoms with E-state index >= 15 is 0 Å². The van der Waals surface area contributed by atoms with Crippen LogP contribution in [0.1, 0.15) is 196 Å². The molecule has 9 N–H and O–H groups in total. The number of carboxylic acids is 1. The molecule has 103 heavy (non-hydrogen) atoms. The number of rotatable bonds is 50. The lowest BCUT2D eigenvalue weighted by molar-refractivity contribution is -0.145. The van der Waals surface area contributed by atoms with Gasteiger partial charge in [0.25, 0.3) is 0 Å². The topological polar surface area (TPSA) is 288 Å². The molecular formula is C80H118N6O13S4. The molecule has 3 rings (SSSR count). The van der Waals surface area contributed by atoms with Crippen LogP contribution in [0.3, 0.4) is 0 Å². The summed E-state index contributed by atoms with van der Waals surface area (Å²) in [5, 5.41) is 46.3. The Bertz CT molecular complexity index is 3270. The summed E-state index contributed by atoms with van der Waals surface area (Å²) >= 11 is 2.65. The summed E-state index contributed by atoms with van der Waals surface area (Å²) in [6, 6.07) is 6.66. The van der Waals surface area contributed by atoms with Crippen LogP contribution in [0, 0.1) is 0 Å². The van der Waals surface area contributed by atoms with Crippen LogP contribution >= 0.6 is 45.1 Å². The minimum absolute atomic E-state index is 0.00739. The molecule has 19 nitrogen and oxygen atoms in total. The Hall–Kier alpha value is -6.76. The van der Waals surface area contributed by atoms with Crippen molar-refractivity contribution in [2.24, 2.45) is 0 Å². The van der Waals surface area contributed by atoms with E-state index in [1.807, 2.05) is 89.2 Å². The van der Waals surface area contributed by atoms with Crippen molar-refractivity contribution >= 4 is 92.7 Å². The SMILES string of the molecule is C=C(C)CCC/C(C)=C/CC/C(C)=C/CC/C(C)=C/CSC[C@H](NC(=O)[C@H](CO)NC(=O)[C@H](CCC(=O)O)NC(=O)[C@H](CSSC(C)(C)C)NC(=O)OCC1c2ccccc2-c2ccccc21)C(=O)N[C@@H](CO)C(=O)N[C@@H](CSC/C=C(\C)CC/C=C(\C)CC/C=C(\C)CCCC(=C)C)C(=O)OC. The number of thioether (sulfide) groups is 2. The molecule has 0 aliphatic heterocycles. The zero-order valence-corrected chi connectivity index (χ0v) is 66.3. The number of fused-ring (bicyclic) bond motifs is 3. The summed E-state index contributed by atoms with van der Waals surface area (Å²) in [6.07, 6.45) is 24.8. The minimum Gasteiger partial charge on any atom is -0.481 e. The molecule has 570 valence electrons. The smallest absolute Gasteiger partial charge is 0.407 e. The fourth-order valence-electron chi connectivity index (χ4n) is 10.9. The average Bonchev–Trinajstić information content (AvgIpc) is 1.62. The van der Waals surface area contributed by atoms with Gasteiger partial charge in [-0.15, -0.1) is 13.2 Å². The molecule has 0 radical (unpaired) electrons. The van der Waals surface area contributed by atoms with Gasteiger partial charge < -0.3 is 56.7 Å². The summed E-state index contributed by atoms with van der Waals surface area (Å²) in [7, 11) is 3.91. The molecule has 0 fully saturated rings. The summed E-state index contributed by atoms with van der Waals surface area (Å²) in [4.78, 5) is 110. The van der Waals surface area contributed by atoms with Gasteiger partial charge in [0.05, 0.1) is 20.3 Å². The molecule has 23 heteroatoms. The molecule has 6 atom stereocenters. The number of aliphatic hydroxyl groups excluding tert-OH is 2. The van der Waals surface area contributed by atoms with Gasteiger partial charge in [-0.3, -0.25) is 28.8 Å². The number of carbonyl (C=O) groups is 8. The lowest BCUT2D eigenvalue weighted by Crippen LogP contribution is -2.61. The van der Waals surface area contributed by atoms with Gasteiger partial charge in [0.2, 0.25) is 29.5 Å². The first kappa shape index (κ1) is 90.5. The van der Waals surface area contributed by atoms with E-state index in [4.69, 9.17) is 9.47 Å². The van der Waals surface area contributed by atoms with E-state index in [1.165, 1.54) is 85.7 Å². The normalized spacial score (nSPS) is 14.7. The Morgan fingerprint density at radius 1 is 0.485 bits per heavy atom. The molecule has 2 aromatic carbocycles. The summed E-state index contributed by atoms with van der Waals surface area (Å²) in [5.74, 6) is -6.25. The van der Waals surface area contributed by atoms with Gasteiger partial charge in [-0.25, -0.2) is 9.59 Å². The predicted molar refractivity (Wildman–Crippen MR) is 426 cm³/mol. The highest BCUT2D eigenvalue weighted by Crippen LogP contribution is 2.44. The number of aliphatic carboxylic acids is 1. The molecule has 6 amide bonds. The van der Waals surface area contributed by atoms with Crippen molar-refractivity contribution in [3.05, 3.63) is 154 Å². The Kier molecular flexibility index (Phi) is 43.8. The van der Waals surface area contributed by atoms with E-state index in [-0.39, 0.29) is 34.5 Å². The van der Waals surface area contributed by atoms with E-state index in [0.29, 0.717) is 11.5 Å². The van der Waals surface area contributed by atoms with Gasteiger partial charge >= 0.3 is 18.0 Å².